The van der Waals surface area contributed by atoms with Gasteiger partial charge in [-0.2, -0.15) is 0 Å². The fourth-order valence-corrected chi connectivity index (χ4v) is 7.74. The number of carboxylic acid groups (broad SMARTS) is 1. The van der Waals surface area contributed by atoms with Gasteiger partial charge in [0.2, 0.25) is 0 Å². The van der Waals surface area contributed by atoms with Gasteiger partial charge in [0.1, 0.15) is 24.8 Å². The Morgan fingerprint density at radius 3 is 0.957 bits per heavy atom. The molecule has 34 heteroatoms. The summed E-state index contributed by atoms with van der Waals surface area (Å²) in [6.07, 6.45) is 4.38. The number of rotatable bonds is 28. The van der Waals surface area contributed by atoms with Crippen molar-refractivity contribution < 1.29 is 124 Å². The highest BCUT2D eigenvalue weighted by atomic mass is 19.4. The van der Waals surface area contributed by atoms with Gasteiger partial charge in [-0.1, -0.05) is 212 Å². The first kappa shape index (κ1) is 86.3. The van der Waals surface area contributed by atoms with Crippen LogP contribution in [-0.2, 0) is 68.9 Å². The SMILES string of the molecule is O=C[C@H](Cc1ccccc1)NB(F)F.O=C[C@H](Cc1ccccc1)NB(O)O.O=C[C@H](Cc1ccccc1)NB(O)OO.[F-].[NH3+][C@@H](Cc1ccccc1)B(O)O.[NH3+][C@@H](Cc1ccccc1)C(=O)O.[NH3+][C@@H](Cc1ccccc1)[B-](F)(F)F.[NH3+][C@@H](Cc1ccccc1)[B-](O)(O)O. The minimum atomic E-state index is -4.81. The molecule has 7 rings (SSSR count). The van der Waals surface area contributed by atoms with Crippen LogP contribution in [0.4, 0.5) is 21.6 Å². The standard InChI is InChI=1S/C9H10BF2NO.C9H12BNO4.C9H12BNO3.C9H11NO2.C8H10BF3N.C8H13BNO3.C8H12BNO2.FH/c11-10(12)13-9(7-14)6-8-4-2-1-3-5-8;12-7-9(11-10(13)15-14)6-8-4-2-1-3-5-8;12-7-9(11-10(13)14)6-8-4-2-1-3-5-8;10-8(9(11)12)6-7-4-2-1-3-5-7;10-9(11,12)8(13)6-7-4-2-1-3-5-7;10-8(9(11,12)13)6-7-4-2-1-3-5-7;10-8(9(11)12)6-7-4-2-1-3-5-7;/h1-5,7,9,13H,6H2;1-5,7,9,11,13-14H,6H2;1-5,7,9,11,13-14H,6H2;1-5,8H,6,10H2,(H,11,12);1-5,8H,6,13H2;1-5,8,11-13H,6,10H2;1-5,8,11-12H,6,10H2;1H/q;;;;2*-1;;/p+3/t3*9-;4*8-;/m0000000./s1. The largest absolute Gasteiger partial charge is 1.00 e. The Hall–Kier alpha value is -7.69. The number of hydrogen-bond acceptors (Lipinski definition) is 17. The molecule has 0 bridgehead atoms. The Morgan fingerprint density at radius 2 is 0.713 bits per heavy atom. The molecular formula is C60H84B6F6N7O15+. The Bertz CT molecular complexity index is 2900. The lowest BCUT2D eigenvalue weighted by Crippen LogP contribution is -3.00. The summed E-state index contributed by atoms with van der Waals surface area (Å²) in [4.78, 5) is 45.7. The van der Waals surface area contributed by atoms with E-state index in [-0.39, 0.29) is 23.5 Å². The second-order valence-corrected chi connectivity index (χ2v) is 20.8. The first-order valence-electron chi connectivity index (χ1n) is 29.1. The minimum Gasteiger partial charge on any atom is -1.00 e. The van der Waals surface area contributed by atoms with E-state index in [4.69, 9.17) is 50.6 Å². The number of hydrogen-bond donors (Lipinski definition) is 17. The van der Waals surface area contributed by atoms with Crippen molar-refractivity contribution in [3.8, 4) is 0 Å². The molecule has 7 aromatic rings. The van der Waals surface area contributed by atoms with Crippen LogP contribution in [0.1, 0.15) is 38.9 Å². The Labute approximate surface area is 543 Å². The maximum absolute atomic E-state index is 12.1. The summed E-state index contributed by atoms with van der Waals surface area (Å²) < 4.78 is 60.2. The van der Waals surface area contributed by atoms with Crippen molar-refractivity contribution in [3.05, 3.63) is 251 Å². The predicted molar refractivity (Wildman–Crippen MR) is 346 cm³/mol. The molecule has 0 spiro atoms. The van der Waals surface area contributed by atoms with Crippen LogP contribution in [0.25, 0.3) is 0 Å². The second-order valence-electron chi connectivity index (χ2n) is 20.8. The van der Waals surface area contributed by atoms with Crippen molar-refractivity contribution in [2.75, 3.05) is 0 Å². The number of benzene rings is 7. The van der Waals surface area contributed by atoms with Crippen LogP contribution in [0.15, 0.2) is 212 Å². The fraction of sp³-hybridized carbons (Fsp3) is 0.233. The maximum Gasteiger partial charge on any atom is 0.634 e. The van der Waals surface area contributed by atoms with E-state index < -0.39 is 84.8 Å². The van der Waals surface area contributed by atoms with Crippen molar-refractivity contribution in [3.63, 3.8) is 0 Å². The summed E-state index contributed by atoms with van der Waals surface area (Å²) in [6, 6.07) is 62.2. The smallest absolute Gasteiger partial charge is 0.634 e. The molecular weight excluding hydrogens is 1240 g/mol. The molecule has 0 heterocycles. The number of carboxylic acids is 1. The van der Waals surface area contributed by atoms with Crippen LogP contribution in [0.2, 0.25) is 0 Å². The average Bonchev–Trinajstić information content (AvgIpc) is 1.41. The zero-order valence-corrected chi connectivity index (χ0v) is 51.5. The molecule has 0 saturated heterocycles. The quantitative estimate of drug-likeness (QED) is 0.00727. The van der Waals surface area contributed by atoms with Crippen molar-refractivity contribution in [1.82, 2.24) is 15.7 Å². The predicted octanol–water partition coefficient (Wildman–Crippen LogP) is -4.18. The summed E-state index contributed by atoms with van der Waals surface area (Å²) >= 11 is 0. The summed E-state index contributed by atoms with van der Waals surface area (Å²) in [7, 11) is -7.20. The lowest BCUT2D eigenvalue weighted by Gasteiger charge is -2.24. The van der Waals surface area contributed by atoms with E-state index in [1.807, 2.05) is 163 Å². The molecule has 7 aromatic carbocycles. The highest BCUT2D eigenvalue weighted by Crippen LogP contribution is 2.15. The van der Waals surface area contributed by atoms with Crippen molar-refractivity contribution in [2.45, 2.75) is 86.9 Å². The molecule has 0 saturated carbocycles. The molecule has 7 atom stereocenters. The monoisotopic (exact) mass is 1320 g/mol. The average molecular weight is 1320 g/mol. The number of aliphatic carboxylic acids is 1. The van der Waals surface area contributed by atoms with Crippen LogP contribution in [0, 0.1) is 0 Å². The molecule has 0 aromatic heterocycles. The third kappa shape index (κ3) is 43.3. The van der Waals surface area contributed by atoms with E-state index >= 15 is 0 Å². The van der Waals surface area contributed by atoms with Gasteiger partial charge >= 0.3 is 48.7 Å². The third-order valence-electron chi connectivity index (χ3n) is 12.8. The van der Waals surface area contributed by atoms with E-state index in [0.717, 1.165) is 33.4 Å². The minimum absolute atomic E-state index is 0. The lowest BCUT2D eigenvalue weighted by atomic mass is 9.68. The number of aldehydes is 3. The highest BCUT2D eigenvalue weighted by molar-refractivity contribution is 6.59. The van der Waals surface area contributed by atoms with Crippen LogP contribution >= 0.6 is 0 Å². The first-order valence-corrected chi connectivity index (χ1v) is 29.1. The highest BCUT2D eigenvalue weighted by Gasteiger charge is 2.36. The van der Waals surface area contributed by atoms with E-state index in [2.05, 4.69) is 38.2 Å². The molecule has 0 aliphatic rings. The van der Waals surface area contributed by atoms with E-state index in [0.29, 0.717) is 56.5 Å². The maximum atomic E-state index is 12.1. The van der Waals surface area contributed by atoms with Gasteiger partial charge in [-0.15, -0.1) is 0 Å². The molecule has 25 N–H and O–H groups in total. The summed E-state index contributed by atoms with van der Waals surface area (Å²) in [5.41, 5.74) is 20.2. The normalized spacial score (nSPS) is 12.7. The lowest BCUT2D eigenvalue weighted by molar-refractivity contribution is -0.407. The summed E-state index contributed by atoms with van der Waals surface area (Å²) in [5.74, 6) is -3.45. The Balaban J connectivity index is 0.00000107. The number of halogens is 6. The molecule has 0 unspecified atom stereocenters. The topological polar surface area (TPSA) is 426 Å². The Kier molecular flexibility index (Phi) is 45.8. The number of carbonyl (C=O) groups is 4. The van der Waals surface area contributed by atoms with Crippen LogP contribution in [0.5, 0.6) is 0 Å². The van der Waals surface area contributed by atoms with Gasteiger partial charge in [-0.3, -0.25) is 29.6 Å². The van der Waals surface area contributed by atoms with Crippen LogP contribution in [-0.4, -0.2) is 160 Å². The zero-order chi connectivity index (χ0) is 69.6. The van der Waals surface area contributed by atoms with Gasteiger partial charge in [0.15, 0.2) is 6.04 Å². The zero-order valence-electron chi connectivity index (χ0n) is 51.5. The molecule has 508 valence electrons. The molecule has 0 aliphatic heterocycles. The third-order valence-corrected chi connectivity index (χ3v) is 12.8. The Morgan fingerprint density at radius 1 is 0.447 bits per heavy atom. The first-order chi connectivity index (χ1) is 44.1. The van der Waals surface area contributed by atoms with Gasteiger partial charge < -0.3 is 100 Å². The van der Waals surface area contributed by atoms with Crippen molar-refractivity contribution in [2.24, 2.45) is 0 Å². The fourth-order valence-electron chi connectivity index (χ4n) is 7.74. The van der Waals surface area contributed by atoms with Gasteiger partial charge in [-0.05, 0) is 71.0 Å². The number of quaternary nitrogens is 4. The summed E-state index contributed by atoms with van der Waals surface area (Å²) in [6.45, 7) is -8.12. The molecule has 0 amide bonds. The van der Waals surface area contributed by atoms with Gasteiger partial charge in [0.25, 0.3) is 0 Å². The molecule has 0 radical (unpaired) electrons. The second kappa shape index (κ2) is 49.8. The van der Waals surface area contributed by atoms with Gasteiger partial charge in [-0.25, -0.2) is 9.60 Å². The van der Waals surface area contributed by atoms with Crippen molar-refractivity contribution in [1.29, 1.82) is 0 Å². The number of carbonyl (C=O) groups excluding carboxylic acids is 3. The van der Waals surface area contributed by atoms with Crippen LogP contribution < -0.4 is 43.3 Å². The molecule has 0 fully saturated rings. The van der Waals surface area contributed by atoms with E-state index in [1.54, 1.807) is 54.6 Å². The van der Waals surface area contributed by atoms with Crippen LogP contribution in [0.3, 0.4) is 0 Å². The number of nitrogens with one attached hydrogen (secondary N) is 3. The molecule has 22 nitrogen and oxygen atoms in total. The van der Waals surface area contributed by atoms with E-state index in [9.17, 15) is 40.8 Å². The summed E-state index contributed by atoms with van der Waals surface area (Å²) in [5, 5.41) is 93.5. The molecule has 94 heavy (non-hydrogen) atoms. The van der Waals surface area contributed by atoms with Crippen molar-refractivity contribution >= 4 is 67.6 Å². The van der Waals surface area contributed by atoms with Gasteiger partial charge in [0, 0.05) is 12.8 Å². The van der Waals surface area contributed by atoms with Gasteiger partial charge in [0.05, 0.1) is 30.0 Å². The molecule has 0 aliphatic carbocycles. The van der Waals surface area contributed by atoms with E-state index in [1.165, 1.54) is 0 Å².